The lowest BCUT2D eigenvalue weighted by Gasteiger charge is -2.22. The molecule has 0 atom stereocenters. The van der Waals surface area contributed by atoms with E-state index < -0.39 is 0 Å². The number of benzene rings is 2. The van der Waals surface area contributed by atoms with Crippen molar-refractivity contribution >= 4 is 22.8 Å². The summed E-state index contributed by atoms with van der Waals surface area (Å²) in [6.07, 6.45) is 6.63. The summed E-state index contributed by atoms with van der Waals surface area (Å²) in [5.74, 6) is 0.243. The average molecular weight is 406 g/mol. The number of aromatic nitrogens is 3. The van der Waals surface area contributed by atoms with Gasteiger partial charge in [-0.2, -0.15) is 0 Å². The molecule has 3 aromatic rings. The van der Waals surface area contributed by atoms with Crippen LogP contribution in [0.3, 0.4) is 0 Å². The van der Waals surface area contributed by atoms with Crippen LogP contribution in [0.2, 0.25) is 0 Å². The first kappa shape index (κ1) is 19.8. The van der Waals surface area contributed by atoms with Gasteiger partial charge in [-0.05, 0) is 66.8 Å². The Hall–Kier alpha value is -2.53. The predicted octanol–water partition coefficient (Wildman–Crippen LogP) is 6.45. The van der Waals surface area contributed by atoms with Gasteiger partial charge in [0.2, 0.25) is 0 Å². The van der Waals surface area contributed by atoms with Gasteiger partial charge >= 0.3 is 0 Å². The zero-order valence-corrected chi connectivity index (χ0v) is 18.5. The summed E-state index contributed by atoms with van der Waals surface area (Å²) in [6.45, 7) is 10.5. The van der Waals surface area contributed by atoms with Gasteiger partial charge in [0.15, 0.2) is 0 Å². The highest BCUT2D eigenvalue weighted by atomic mass is 32.2. The molecule has 2 aromatic carbocycles. The zero-order valence-electron chi connectivity index (χ0n) is 17.7. The van der Waals surface area contributed by atoms with Crippen molar-refractivity contribution in [3.05, 3.63) is 64.1 Å². The van der Waals surface area contributed by atoms with Crippen LogP contribution in [0.1, 0.15) is 51.7 Å². The van der Waals surface area contributed by atoms with Gasteiger partial charge in [-0.25, -0.2) is 0 Å². The topological polar surface area (TPSA) is 50.9 Å². The van der Waals surface area contributed by atoms with E-state index in [0.717, 1.165) is 39.9 Å². The number of allylic oxidation sites excluding steroid dienone is 4. The Morgan fingerprint density at radius 2 is 1.72 bits per heavy atom. The summed E-state index contributed by atoms with van der Waals surface area (Å²) in [7, 11) is 0. The summed E-state index contributed by atoms with van der Waals surface area (Å²) in [5, 5.41) is 20.2. The summed E-state index contributed by atoms with van der Waals surface area (Å²) >= 11 is 1.79. The van der Waals surface area contributed by atoms with Crippen molar-refractivity contribution in [2.75, 3.05) is 0 Å². The number of fused-ring (bicyclic) bond motifs is 1. The molecule has 0 aliphatic heterocycles. The third-order valence-corrected chi connectivity index (χ3v) is 6.27. The van der Waals surface area contributed by atoms with E-state index >= 15 is 0 Å². The summed E-state index contributed by atoms with van der Waals surface area (Å²) in [5.41, 5.74) is 5.51. The molecule has 0 spiro atoms. The molecule has 1 N–H and O–H groups in total. The second kappa shape index (κ2) is 7.38. The monoisotopic (exact) mass is 405 g/mol. The minimum absolute atomic E-state index is 0.165. The first-order valence-corrected chi connectivity index (χ1v) is 10.8. The van der Waals surface area contributed by atoms with E-state index in [9.17, 15) is 5.11 Å². The van der Waals surface area contributed by atoms with Gasteiger partial charge in [0.25, 0.3) is 0 Å². The Bertz CT molecular complexity index is 1150. The van der Waals surface area contributed by atoms with Gasteiger partial charge in [0.1, 0.15) is 22.5 Å². The Labute approximate surface area is 176 Å². The lowest BCUT2D eigenvalue weighted by molar-refractivity contribution is 0.440. The van der Waals surface area contributed by atoms with Crippen molar-refractivity contribution in [2.24, 2.45) is 0 Å². The maximum atomic E-state index is 10.9. The number of hydrogen-bond acceptors (Lipinski definition) is 4. The standard InChI is InChI=1S/C24H27N3OS/c1-15-6-8-17(9-7-15)29-18-10-11-20-21(14-18)26-27(25-20)22-13-16(2)12-19(23(22)28)24(3,4)5/h6,8,10-14,28H,7,9H2,1-5H3. The number of phenolic OH excluding ortho intramolecular Hbond substituents is 1. The van der Waals surface area contributed by atoms with Gasteiger partial charge in [0.05, 0.1) is 0 Å². The lowest BCUT2D eigenvalue weighted by atomic mass is 9.85. The number of aryl methyl sites for hydroxylation is 1. The summed E-state index contributed by atoms with van der Waals surface area (Å²) < 4.78 is 0. The van der Waals surface area contributed by atoms with E-state index in [-0.39, 0.29) is 11.2 Å². The molecule has 0 bridgehead atoms. The fourth-order valence-corrected chi connectivity index (χ4v) is 4.46. The molecule has 4 nitrogen and oxygen atoms in total. The Morgan fingerprint density at radius 1 is 0.966 bits per heavy atom. The highest BCUT2D eigenvalue weighted by Gasteiger charge is 2.22. The molecule has 4 rings (SSSR count). The van der Waals surface area contributed by atoms with Crippen LogP contribution in [0.4, 0.5) is 0 Å². The molecule has 0 saturated carbocycles. The Balaban J connectivity index is 1.71. The van der Waals surface area contributed by atoms with E-state index in [1.807, 2.05) is 25.1 Å². The van der Waals surface area contributed by atoms with Crippen LogP contribution in [0.5, 0.6) is 5.75 Å². The van der Waals surface area contributed by atoms with Crippen LogP contribution in [0.25, 0.3) is 16.7 Å². The van der Waals surface area contributed by atoms with Crippen LogP contribution < -0.4 is 0 Å². The molecule has 0 fully saturated rings. The maximum Gasteiger partial charge on any atom is 0.146 e. The first-order chi connectivity index (χ1) is 13.7. The van der Waals surface area contributed by atoms with Crippen molar-refractivity contribution in [3.8, 4) is 11.4 Å². The maximum absolute atomic E-state index is 10.9. The molecule has 0 radical (unpaired) electrons. The van der Waals surface area contributed by atoms with E-state index in [4.69, 9.17) is 0 Å². The second-order valence-corrected chi connectivity index (χ2v) is 10.0. The lowest BCUT2D eigenvalue weighted by Crippen LogP contribution is -2.13. The zero-order chi connectivity index (χ0) is 20.8. The summed E-state index contributed by atoms with van der Waals surface area (Å²) in [6, 6.07) is 10.1. The molecule has 0 amide bonds. The number of thioether (sulfide) groups is 1. The third-order valence-electron chi connectivity index (χ3n) is 5.18. The van der Waals surface area contributed by atoms with Gasteiger partial charge in [-0.1, -0.05) is 56.3 Å². The number of aromatic hydroxyl groups is 1. The molecule has 150 valence electrons. The van der Waals surface area contributed by atoms with Crippen LogP contribution in [-0.4, -0.2) is 20.1 Å². The van der Waals surface area contributed by atoms with E-state index in [2.05, 4.69) is 62.2 Å². The molecule has 1 aliphatic rings. The highest BCUT2D eigenvalue weighted by Crippen LogP contribution is 2.37. The largest absolute Gasteiger partial charge is 0.505 e. The highest BCUT2D eigenvalue weighted by molar-refractivity contribution is 8.03. The van der Waals surface area contributed by atoms with Gasteiger partial charge in [0, 0.05) is 10.5 Å². The molecular weight excluding hydrogens is 378 g/mol. The summed E-state index contributed by atoms with van der Waals surface area (Å²) in [4.78, 5) is 4.09. The van der Waals surface area contributed by atoms with Gasteiger partial charge in [-0.3, -0.25) is 0 Å². The molecule has 5 heteroatoms. The van der Waals surface area contributed by atoms with Gasteiger partial charge in [-0.15, -0.1) is 15.0 Å². The van der Waals surface area contributed by atoms with Crippen LogP contribution in [0.15, 0.2) is 57.9 Å². The third kappa shape index (κ3) is 4.10. The normalized spacial score (nSPS) is 14.8. The predicted molar refractivity (Wildman–Crippen MR) is 121 cm³/mol. The smallest absolute Gasteiger partial charge is 0.146 e. The Kier molecular flexibility index (Phi) is 5.03. The van der Waals surface area contributed by atoms with Crippen LogP contribution in [-0.2, 0) is 5.41 Å². The fraction of sp³-hybridized carbons (Fsp3) is 0.333. The van der Waals surface area contributed by atoms with Crippen LogP contribution in [0, 0.1) is 6.92 Å². The SMILES string of the molecule is CC1=CC=C(Sc2ccc3nn(-c4cc(C)cc(C(C)(C)C)c4O)nc3c2)CC1. The van der Waals surface area contributed by atoms with Crippen molar-refractivity contribution in [2.45, 2.75) is 57.8 Å². The molecule has 0 saturated heterocycles. The molecule has 1 aromatic heterocycles. The quantitative estimate of drug-likeness (QED) is 0.544. The number of phenols is 1. The number of rotatable bonds is 3. The van der Waals surface area contributed by atoms with E-state index in [1.165, 1.54) is 10.5 Å². The molecule has 0 unspecified atom stereocenters. The van der Waals surface area contributed by atoms with Crippen molar-refractivity contribution in [3.63, 3.8) is 0 Å². The van der Waals surface area contributed by atoms with Crippen LogP contribution >= 0.6 is 11.8 Å². The molecule has 1 aliphatic carbocycles. The molecule has 1 heterocycles. The number of nitrogens with zero attached hydrogens (tertiary/aromatic N) is 3. The fourth-order valence-electron chi connectivity index (χ4n) is 3.51. The minimum Gasteiger partial charge on any atom is -0.505 e. The molecule has 29 heavy (non-hydrogen) atoms. The van der Waals surface area contributed by atoms with Crippen molar-refractivity contribution in [1.82, 2.24) is 15.0 Å². The van der Waals surface area contributed by atoms with Crippen molar-refractivity contribution < 1.29 is 5.11 Å². The number of hydrogen-bond donors (Lipinski definition) is 1. The second-order valence-electron chi connectivity index (χ2n) is 8.82. The molecular formula is C24H27N3OS. The Morgan fingerprint density at radius 3 is 2.41 bits per heavy atom. The first-order valence-electron chi connectivity index (χ1n) is 9.96. The minimum atomic E-state index is -0.165. The average Bonchev–Trinajstić information content (AvgIpc) is 3.07. The van der Waals surface area contributed by atoms with E-state index in [1.54, 1.807) is 16.6 Å². The van der Waals surface area contributed by atoms with Crippen molar-refractivity contribution in [1.29, 1.82) is 0 Å². The van der Waals surface area contributed by atoms with E-state index in [0.29, 0.717) is 5.69 Å². The van der Waals surface area contributed by atoms with Gasteiger partial charge < -0.3 is 5.11 Å².